The Hall–Kier alpha value is -1.19. The predicted octanol–water partition coefficient (Wildman–Crippen LogP) is 4.41. The minimum atomic E-state index is 0.515. The zero-order chi connectivity index (χ0) is 14.1. The smallest absolute Gasteiger partial charge is 0.124 e. The molecule has 0 aliphatic heterocycles. The number of nitrogens with zero attached hydrogens (tertiary/aromatic N) is 1. The summed E-state index contributed by atoms with van der Waals surface area (Å²) in [5.41, 5.74) is 5.27. The highest BCUT2D eigenvalue weighted by Gasteiger charge is 2.24. The van der Waals surface area contributed by atoms with Crippen molar-refractivity contribution in [3.05, 3.63) is 39.9 Å². The van der Waals surface area contributed by atoms with Gasteiger partial charge in [-0.2, -0.15) is 0 Å². The summed E-state index contributed by atoms with van der Waals surface area (Å²) >= 11 is 1.88. The number of benzene rings is 1. The van der Waals surface area contributed by atoms with Crippen molar-refractivity contribution < 1.29 is 0 Å². The molecule has 1 aliphatic rings. The van der Waals surface area contributed by atoms with Gasteiger partial charge in [0, 0.05) is 16.5 Å². The molecule has 3 heteroatoms. The van der Waals surface area contributed by atoms with Gasteiger partial charge in [0.15, 0.2) is 0 Å². The van der Waals surface area contributed by atoms with Gasteiger partial charge in [0.2, 0.25) is 0 Å². The Bertz CT molecular complexity index is 615. The maximum absolute atomic E-state index is 4.92. The third kappa shape index (κ3) is 2.52. The van der Waals surface area contributed by atoms with Gasteiger partial charge in [0.25, 0.3) is 0 Å². The molecule has 1 aromatic heterocycles. The second-order valence-electron chi connectivity index (χ2n) is 5.65. The molecule has 1 N–H and O–H groups in total. The van der Waals surface area contributed by atoms with Gasteiger partial charge in [-0.1, -0.05) is 30.7 Å². The van der Waals surface area contributed by atoms with Gasteiger partial charge in [-0.25, -0.2) is 4.98 Å². The van der Waals surface area contributed by atoms with Crippen LogP contribution in [0.1, 0.15) is 47.5 Å². The number of rotatable bonds is 3. The summed E-state index contributed by atoms with van der Waals surface area (Å²) in [6.07, 6.45) is 3.63. The summed E-state index contributed by atoms with van der Waals surface area (Å²) in [5, 5.41) is 4.79. The van der Waals surface area contributed by atoms with Crippen LogP contribution in [0.4, 0.5) is 0 Å². The van der Waals surface area contributed by atoms with E-state index in [0.29, 0.717) is 6.04 Å². The largest absolute Gasteiger partial charge is 0.309 e. The van der Waals surface area contributed by atoms with Crippen molar-refractivity contribution in [3.8, 4) is 10.6 Å². The maximum Gasteiger partial charge on any atom is 0.124 e. The van der Waals surface area contributed by atoms with Crippen LogP contribution in [-0.2, 0) is 6.42 Å². The lowest BCUT2D eigenvalue weighted by Gasteiger charge is -2.21. The molecule has 1 aliphatic carbocycles. The van der Waals surface area contributed by atoms with Crippen LogP contribution in [-0.4, -0.2) is 11.5 Å². The van der Waals surface area contributed by atoms with Crippen LogP contribution in [0.2, 0.25) is 0 Å². The van der Waals surface area contributed by atoms with E-state index in [1.165, 1.54) is 45.1 Å². The van der Waals surface area contributed by atoms with Crippen molar-refractivity contribution in [2.75, 3.05) is 6.54 Å². The molecule has 0 amide bonds. The van der Waals surface area contributed by atoms with Crippen molar-refractivity contribution in [1.29, 1.82) is 0 Å². The van der Waals surface area contributed by atoms with Gasteiger partial charge in [-0.15, -0.1) is 11.3 Å². The monoisotopic (exact) mass is 286 g/mol. The lowest BCUT2D eigenvalue weighted by Crippen LogP contribution is -2.23. The number of hydrogen-bond donors (Lipinski definition) is 1. The third-order valence-corrected chi connectivity index (χ3v) is 5.26. The van der Waals surface area contributed by atoms with E-state index in [4.69, 9.17) is 4.98 Å². The second kappa shape index (κ2) is 5.66. The topological polar surface area (TPSA) is 24.9 Å². The molecule has 0 saturated carbocycles. The standard InChI is InChI=1S/C17H22N2S/c1-4-18-14-6-5-7-15-16(14)20-17(19-15)13-9-8-11(2)10-12(13)3/h8-10,14,18H,4-7H2,1-3H3. The number of hydrogen-bond acceptors (Lipinski definition) is 3. The first-order valence-corrected chi connectivity index (χ1v) is 8.31. The lowest BCUT2D eigenvalue weighted by atomic mass is 9.98. The molecule has 20 heavy (non-hydrogen) atoms. The predicted molar refractivity (Wildman–Crippen MR) is 86.4 cm³/mol. The van der Waals surface area contributed by atoms with Crippen molar-refractivity contribution in [1.82, 2.24) is 10.3 Å². The Morgan fingerprint density at radius 2 is 2.20 bits per heavy atom. The van der Waals surface area contributed by atoms with Crippen molar-refractivity contribution >= 4 is 11.3 Å². The number of thiazole rings is 1. The average molecular weight is 286 g/mol. The van der Waals surface area contributed by atoms with Gasteiger partial charge in [0.05, 0.1) is 5.69 Å². The third-order valence-electron chi connectivity index (χ3n) is 4.01. The first-order valence-electron chi connectivity index (χ1n) is 7.49. The van der Waals surface area contributed by atoms with Crippen LogP contribution in [0.5, 0.6) is 0 Å². The quantitative estimate of drug-likeness (QED) is 0.903. The molecule has 0 bridgehead atoms. The Morgan fingerprint density at radius 3 is 2.95 bits per heavy atom. The minimum absolute atomic E-state index is 0.515. The molecule has 1 aromatic carbocycles. The molecular formula is C17H22N2S. The first kappa shape index (κ1) is 13.8. The number of aromatic nitrogens is 1. The van der Waals surface area contributed by atoms with E-state index < -0.39 is 0 Å². The van der Waals surface area contributed by atoms with Crippen LogP contribution in [0.25, 0.3) is 10.6 Å². The maximum atomic E-state index is 4.92. The SMILES string of the molecule is CCNC1CCCc2nc(-c3ccc(C)cc3C)sc21. The molecule has 2 aromatic rings. The summed E-state index contributed by atoms with van der Waals surface area (Å²) in [6, 6.07) is 7.17. The first-order chi connectivity index (χ1) is 9.69. The fourth-order valence-corrected chi connectivity index (χ4v) is 4.34. The average Bonchev–Trinajstić information content (AvgIpc) is 2.83. The Kier molecular flexibility index (Phi) is 3.90. The molecule has 0 saturated heterocycles. The molecule has 0 spiro atoms. The molecule has 1 atom stereocenters. The van der Waals surface area contributed by atoms with Crippen LogP contribution in [0, 0.1) is 13.8 Å². The van der Waals surface area contributed by atoms with Crippen molar-refractivity contribution in [2.24, 2.45) is 0 Å². The fourth-order valence-electron chi connectivity index (χ4n) is 3.03. The van der Waals surface area contributed by atoms with E-state index in [1.54, 1.807) is 0 Å². The van der Waals surface area contributed by atoms with Gasteiger partial charge >= 0.3 is 0 Å². The lowest BCUT2D eigenvalue weighted by molar-refractivity contribution is 0.476. The summed E-state index contributed by atoms with van der Waals surface area (Å²) in [7, 11) is 0. The summed E-state index contributed by atoms with van der Waals surface area (Å²) in [6.45, 7) is 7.54. The molecule has 0 radical (unpaired) electrons. The highest BCUT2D eigenvalue weighted by atomic mass is 32.1. The van der Waals surface area contributed by atoms with Crippen molar-refractivity contribution in [3.63, 3.8) is 0 Å². The molecular weight excluding hydrogens is 264 g/mol. The Labute approximate surface area is 125 Å². The van der Waals surface area contributed by atoms with Gasteiger partial charge in [-0.05, 0) is 45.2 Å². The number of fused-ring (bicyclic) bond motifs is 1. The van der Waals surface area contributed by atoms with E-state index in [1.807, 2.05) is 11.3 Å². The van der Waals surface area contributed by atoms with E-state index in [0.717, 1.165) is 13.0 Å². The summed E-state index contributed by atoms with van der Waals surface area (Å²) in [4.78, 5) is 6.39. The van der Waals surface area contributed by atoms with Gasteiger partial charge < -0.3 is 5.32 Å². The molecule has 1 unspecified atom stereocenters. The normalized spacial score (nSPS) is 18.1. The van der Waals surface area contributed by atoms with E-state index >= 15 is 0 Å². The highest BCUT2D eigenvalue weighted by molar-refractivity contribution is 7.15. The Morgan fingerprint density at radius 1 is 1.35 bits per heavy atom. The van der Waals surface area contributed by atoms with Crippen LogP contribution >= 0.6 is 11.3 Å². The van der Waals surface area contributed by atoms with Crippen LogP contribution < -0.4 is 5.32 Å². The minimum Gasteiger partial charge on any atom is -0.309 e. The highest BCUT2D eigenvalue weighted by Crippen LogP contribution is 2.38. The molecule has 3 rings (SSSR count). The number of aryl methyl sites for hydroxylation is 3. The van der Waals surface area contributed by atoms with Crippen LogP contribution in [0.3, 0.4) is 0 Å². The van der Waals surface area contributed by atoms with Crippen molar-refractivity contribution in [2.45, 2.75) is 46.1 Å². The van der Waals surface area contributed by atoms with Gasteiger partial charge in [-0.3, -0.25) is 0 Å². The molecule has 2 nitrogen and oxygen atoms in total. The summed E-state index contributed by atoms with van der Waals surface area (Å²) in [5.74, 6) is 0. The van der Waals surface area contributed by atoms with E-state index in [-0.39, 0.29) is 0 Å². The molecule has 1 heterocycles. The second-order valence-corrected chi connectivity index (χ2v) is 6.68. The fraction of sp³-hybridized carbons (Fsp3) is 0.471. The number of nitrogens with one attached hydrogen (secondary N) is 1. The zero-order valence-electron chi connectivity index (χ0n) is 12.5. The molecule has 106 valence electrons. The van der Waals surface area contributed by atoms with Gasteiger partial charge in [0.1, 0.15) is 5.01 Å². The summed E-state index contributed by atoms with van der Waals surface area (Å²) < 4.78 is 0. The Balaban J connectivity index is 2.00. The molecule has 0 fully saturated rings. The zero-order valence-corrected chi connectivity index (χ0v) is 13.3. The van der Waals surface area contributed by atoms with Crippen LogP contribution in [0.15, 0.2) is 18.2 Å². The van der Waals surface area contributed by atoms with E-state index in [9.17, 15) is 0 Å². The van der Waals surface area contributed by atoms with E-state index in [2.05, 4.69) is 44.3 Å².